The molecular weight excluding hydrogens is 280 g/mol. The minimum Gasteiger partial charge on any atom is -0.390 e. The molecule has 4 heteroatoms. The molecule has 0 aliphatic rings. The highest BCUT2D eigenvalue weighted by atomic mass is 32.2. The molecule has 3 rings (SSSR count). The van der Waals surface area contributed by atoms with Crippen molar-refractivity contribution in [3.63, 3.8) is 0 Å². The first-order chi connectivity index (χ1) is 10.3. The third kappa shape index (κ3) is 3.12. The molecular formula is C17H18N2OS. The Bertz CT molecular complexity index is 751. The summed E-state index contributed by atoms with van der Waals surface area (Å²) < 4.78 is 1.96. The van der Waals surface area contributed by atoms with E-state index in [9.17, 15) is 5.11 Å². The molecule has 0 aliphatic heterocycles. The zero-order valence-corrected chi connectivity index (χ0v) is 12.8. The van der Waals surface area contributed by atoms with E-state index in [-0.39, 0.29) is 6.61 Å². The molecule has 0 saturated carbocycles. The predicted octanol–water partition coefficient (Wildman–Crippen LogP) is 3.84. The van der Waals surface area contributed by atoms with Crippen molar-refractivity contribution in [1.29, 1.82) is 0 Å². The van der Waals surface area contributed by atoms with E-state index in [2.05, 4.69) is 54.5 Å². The maximum Gasteiger partial charge on any atom is 0.0882 e. The van der Waals surface area contributed by atoms with Crippen molar-refractivity contribution >= 4 is 22.5 Å². The highest BCUT2D eigenvalue weighted by Gasteiger charge is 2.07. The number of hydrogen-bond donors (Lipinski definition) is 1. The van der Waals surface area contributed by atoms with Crippen molar-refractivity contribution in [2.75, 3.05) is 0 Å². The number of benzene rings is 2. The van der Waals surface area contributed by atoms with Gasteiger partial charge in [0.05, 0.1) is 12.3 Å². The molecule has 0 unspecified atom stereocenters. The molecule has 2 aromatic carbocycles. The van der Waals surface area contributed by atoms with Gasteiger partial charge in [0.1, 0.15) is 0 Å². The quantitative estimate of drug-likeness (QED) is 0.727. The standard InChI is InChI=1S/C17H18N2OS/c1-2-19-16(10-15(11-20)18-19)12-21-17-8-7-13-5-3-4-6-14(13)9-17/h3-10,20H,2,11-12H2,1H3. The van der Waals surface area contributed by atoms with Gasteiger partial charge in [-0.2, -0.15) is 5.10 Å². The minimum atomic E-state index is 0.000636. The lowest BCUT2D eigenvalue weighted by Crippen LogP contribution is -2.01. The van der Waals surface area contributed by atoms with E-state index in [1.54, 1.807) is 11.8 Å². The molecule has 1 heterocycles. The van der Waals surface area contributed by atoms with Gasteiger partial charge in [0.2, 0.25) is 0 Å². The molecule has 1 N–H and O–H groups in total. The summed E-state index contributed by atoms with van der Waals surface area (Å²) in [5.41, 5.74) is 1.89. The van der Waals surface area contributed by atoms with Crippen molar-refractivity contribution < 1.29 is 5.11 Å². The molecule has 0 spiro atoms. The molecule has 0 atom stereocenters. The highest BCUT2D eigenvalue weighted by Crippen LogP contribution is 2.26. The van der Waals surface area contributed by atoms with Crippen LogP contribution in [0.3, 0.4) is 0 Å². The second-order valence-corrected chi connectivity index (χ2v) is 5.95. The van der Waals surface area contributed by atoms with Gasteiger partial charge in [0.15, 0.2) is 0 Å². The fourth-order valence-electron chi connectivity index (χ4n) is 2.40. The maximum atomic E-state index is 9.19. The van der Waals surface area contributed by atoms with Crippen LogP contribution in [0.15, 0.2) is 53.4 Å². The van der Waals surface area contributed by atoms with Crippen LogP contribution in [-0.4, -0.2) is 14.9 Å². The number of aryl methyl sites for hydroxylation is 1. The van der Waals surface area contributed by atoms with Gasteiger partial charge in [0, 0.05) is 22.9 Å². The molecule has 21 heavy (non-hydrogen) atoms. The molecule has 3 nitrogen and oxygen atoms in total. The van der Waals surface area contributed by atoms with Gasteiger partial charge in [-0.15, -0.1) is 11.8 Å². The Kier molecular flexibility index (Phi) is 4.27. The first-order valence-corrected chi connectivity index (χ1v) is 8.07. The number of thioether (sulfide) groups is 1. The van der Waals surface area contributed by atoms with Gasteiger partial charge in [0.25, 0.3) is 0 Å². The summed E-state index contributed by atoms with van der Waals surface area (Å²) in [7, 11) is 0. The molecule has 108 valence electrons. The van der Waals surface area contributed by atoms with Crippen LogP contribution in [0.1, 0.15) is 18.3 Å². The third-order valence-corrected chi connectivity index (χ3v) is 4.51. The molecule has 3 aromatic rings. The van der Waals surface area contributed by atoms with E-state index in [1.807, 2.05) is 10.7 Å². The number of fused-ring (bicyclic) bond motifs is 1. The average molecular weight is 298 g/mol. The summed E-state index contributed by atoms with van der Waals surface area (Å²) in [6.45, 7) is 2.90. The number of nitrogens with zero attached hydrogens (tertiary/aromatic N) is 2. The summed E-state index contributed by atoms with van der Waals surface area (Å²) in [4.78, 5) is 1.25. The Morgan fingerprint density at radius 2 is 1.90 bits per heavy atom. The van der Waals surface area contributed by atoms with Crippen molar-refractivity contribution in [2.45, 2.75) is 30.7 Å². The smallest absolute Gasteiger partial charge is 0.0882 e. The first kappa shape index (κ1) is 14.2. The fraction of sp³-hybridized carbons (Fsp3) is 0.235. The van der Waals surface area contributed by atoms with Crippen LogP contribution in [0.2, 0.25) is 0 Å². The van der Waals surface area contributed by atoms with Crippen molar-refractivity contribution in [3.05, 3.63) is 59.9 Å². The number of aliphatic hydroxyl groups excluding tert-OH is 1. The average Bonchev–Trinajstić information content (AvgIpc) is 2.95. The van der Waals surface area contributed by atoms with E-state index in [4.69, 9.17) is 0 Å². The van der Waals surface area contributed by atoms with Crippen LogP contribution in [0.5, 0.6) is 0 Å². The van der Waals surface area contributed by atoms with Crippen molar-refractivity contribution in [2.24, 2.45) is 0 Å². The summed E-state index contributed by atoms with van der Waals surface area (Å²) >= 11 is 1.80. The first-order valence-electron chi connectivity index (χ1n) is 7.08. The summed E-state index contributed by atoms with van der Waals surface area (Å²) in [6.07, 6.45) is 0. The zero-order valence-electron chi connectivity index (χ0n) is 12.0. The molecule has 0 aliphatic carbocycles. The van der Waals surface area contributed by atoms with Gasteiger partial charge < -0.3 is 5.11 Å². The Morgan fingerprint density at radius 1 is 1.10 bits per heavy atom. The molecule has 0 amide bonds. The molecule has 0 radical (unpaired) electrons. The highest BCUT2D eigenvalue weighted by molar-refractivity contribution is 7.98. The summed E-state index contributed by atoms with van der Waals surface area (Å²) in [5.74, 6) is 0.860. The van der Waals surface area contributed by atoms with Gasteiger partial charge in [-0.25, -0.2) is 0 Å². The van der Waals surface area contributed by atoms with Crippen LogP contribution >= 0.6 is 11.8 Å². The van der Waals surface area contributed by atoms with Crippen LogP contribution < -0.4 is 0 Å². The number of aliphatic hydroxyl groups is 1. The van der Waals surface area contributed by atoms with Gasteiger partial charge in [-0.3, -0.25) is 4.68 Å². The molecule has 0 saturated heterocycles. The summed E-state index contributed by atoms with van der Waals surface area (Å²) in [6, 6.07) is 16.9. The van der Waals surface area contributed by atoms with Crippen LogP contribution in [0.25, 0.3) is 10.8 Å². The second kappa shape index (κ2) is 6.33. The lowest BCUT2D eigenvalue weighted by Gasteiger charge is -2.05. The predicted molar refractivity (Wildman–Crippen MR) is 87.3 cm³/mol. The maximum absolute atomic E-state index is 9.19. The largest absolute Gasteiger partial charge is 0.390 e. The monoisotopic (exact) mass is 298 g/mol. The zero-order chi connectivity index (χ0) is 14.7. The minimum absolute atomic E-state index is 0.000636. The van der Waals surface area contributed by atoms with Crippen LogP contribution in [-0.2, 0) is 18.9 Å². The SMILES string of the molecule is CCn1nc(CO)cc1CSc1ccc2ccccc2c1. The topological polar surface area (TPSA) is 38.0 Å². The van der Waals surface area contributed by atoms with E-state index >= 15 is 0 Å². The Morgan fingerprint density at radius 3 is 2.67 bits per heavy atom. The number of aromatic nitrogens is 2. The Balaban J connectivity index is 1.78. The second-order valence-electron chi connectivity index (χ2n) is 4.90. The van der Waals surface area contributed by atoms with Crippen LogP contribution in [0, 0.1) is 0 Å². The van der Waals surface area contributed by atoms with E-state index in [1.165, 1.54) is 15.7 Å². The molecule has 1 aromatic heterocycles. The lowest BCUT2D eigenvalue weighted by molar-refractivity contribution is 0.275. The third-order valence-electron chi connectivity index (χ3n) is 3.48. The number of hydrogen-bond acceptors (Lipinski definition) is 3. The Labute approximate surface area is 128 Å². The summed E-state index contributed by atoms with van der Waals surface area (Å²) in [5, 5.41) is 16.1. The normalized spacial score (nSPS) is 11.1. The fourth-order valence-corrected chi connectivity index (χ4v) is 3.32. The van der Waals surface area contributed by atoms with E-state index < -0.39 is 0 Å². The number of rotatable bonds is 5. The van der Waals surface area contributed by atoms with Gasteiger partial charge in [-0.1, -0.05) is 30.3 Å². The van der Waals surface area contributed by atoms with Gasteiger partial charge >= 0.3 is 0 Å². The molecule has 0 fully saturated rings. The lowest BCUT2D eigenvalue weighted by atomic mass is 10.1. The Hall–Kier alpha value is -1.78. The van der Waals surface area contributed by atoms with Crippen LogP contribution in [0.4, 0.5) is 0 Å². The van der Waals surface area contributed by atoms with Crippen molar-refractivity contribution in [1.82, 2.24) is 9.78 Å². The molecule has 0 bridgehead atoms. The van der Waals surface area contributed by atoms with E-state index in [0.29, 0.717) is 0 Å². The van der Waals surface area contributed by atoms with Crippen molar-refractivity contribution in [3.8, 4) is 0 Å². The van der Waals surface area contributed by atoms with E-state index in [0.717, 1.165) is 23.7 Å². The van der Waals surface area contributed by atoms with Gasteiger partial charge in [-0.05, 0) is 35.9 Å².